The zero-order chi connectivity index (χ0) is 15.2. The Balaban J connectivity index is 2.18. The van der Waals surface area contributed by atoms with E-state index in [2.05, 4.69) is 11.0 Å². The first-order valence-electron chi connectivity index (χ1n) is 6.16. The molecule has 6 nitrogen and oxygen atoms in total. The van der Waals surface area contributed by atoms with Crippen molar-refractivity contribution in [2.24, 2.45) is 0 Å². The third-order valence-electron chi connectivity index (χ3n) is 2.78. The molecule has 0 saturated heterocycles. The summed E-state index contributed by atoms with van der Waals surface area (Å²) in [5, 5.41) is 12.9. The molecule has 2 rings (SSSR count). The molecule has 1 amide bonds. The Kier molecular flexibility index (Phi) is 4.36. The van der Waals surface area contributed by atoms with Crippen molar-refractivity contribution in [3.63, 3.8) is 0 Å². The van der Waals surface area contributed by atoms with E-state index >= 15 is 0 Å². The van der Waals surface area contributed by atoms with Crippen molar-refractivity contribution in [2.75, 3.05) is 13.1 Å². The van der Waals surface area contributed by atoms with Crippen molar-refractivity contribution >= 4 is 11.9 Å². The molecule has 0 aliphatic heterocycles. The van der Waals surface area contributed by atoms with Gasteiger partial charge < -0.3 is 10.0 Å². The molecule has 0 unspecified atom stereocenters. The van der Waals surface area contributed by atoms with Gasteiger partial charge in [-0.2, -0.15) is 5.10 Å². The standard InChI is InChI=1S/C15H13N3O3/c1-2-9-17(11-14(19)20)15(21)12-4-6-13(7-5-12)18-10-3-8-16-18/h1,3-8,10H,9,11H2,(H,19,20). The molecular formula is C15H13N3O3. The van der Waals surface area contributed by atoms with E-state index in [0.29, 0.717) is 5.56 Å². The van der Waals surface area contributed by atoms with E-state index in [1.807, 2.05) is 0 Å². The third kappa shape index (κ3) is 3.48. The minimum atomic E-state index is -1.10. The minimum Gasteiger partial charge on any atom is -0.480 e. The molecule has 1 heterocycles. The summed E-state index contributed by atoms with van der Waals surface area (Å²) < 4.78 is 1.66. The van der Waals surface area contributed by atoms with Gasteiger partial charge in [0, 0.05) is 18.0 Å². The highest BCUT2D eigenvalue weighted by Gasteiger charge is 2.17. The molecule has 2 aromatic rings. The Morgan fingerprint density at radius 2 is 2.05 bits per heavy atom. The number of carboxylic acid groups (broad SMARTS) is 1. The van der Waals surface area contributed by atoms with E-state index in [-0.39, 0.29) is 6.54 Å². The van der Waals surface area contributed by atoms with Crippen LogP contribution in [0.1, 0.15) is 10.4 Å². The Bertz CT molecular complexity index is 669. The summed E-state index contributed by atoms with van der Waals surface area (Å²) in [4.78, 5) is 24.1. The number of aromatic nitrogens is 2. The van der Waals surface area contributed by atoms with Gasteiger partial charge in [0.15, 0.2) is 0 Å². The van der Waals surface area contributed by atoms with E-state index in [9.17, 15) is 9.59 Å². The lowest BCUT2D eigenvalue weighted by molar-refractivity contribution is -0.137. The molecule has 1 N–H and O–H groups in total. The van der Waals surface area contributed by atoms with Gasteiger partial charge in [-0.3, -0.25) is 9.59 Å². The van der Waals surface area contributed by atoms with Crippen LogP contribution in [0.2, 0.25) is 0 Å². The number of carboxylic acids is 1. The van der Waals surface area contributed by atoms with Crippen LogP contribution >= 0.6 is 0 Å². The maximum Gasteiger partial charge on any atom is 0.323 e. The maximum absolute atomic E-state index is 12.2. The number of nitrogens with zero attached hydrogens (tertiary/aromatic N) is 3. The predicted molar refractivity (Wildman–Crippen MR) is 75.9 cm³/mol. The Morgan fingerprint density at radius 1 is 1.33 bits per heavy atom. The molecule has 21 heavy (non-hydrogen) atoms. The second-order valence-electron chi connectivity index (χ2n) is 4.26. The molecule has 0 fully saturated rings. The number of benzene rings is 1. The summed E-state index contributed by atoms with van der Waals surface area (Å²) in [5.74, 6) is 0.766. The van der Waals surface area contributed by atoms with Crippen LogP contribution in [0, 0.1) is 12.3 Å². The number of amides is 1. The summed E-state index contributed by atoms with van der Waals surface area (Å²) in [5.41, 5.74) is 1.18. The molecule has 6 heteroatoms. The number of hydrogen-bond donors (Lipinski definition) is 1. The first kappa shape index (κ1) is 14.3. The highest BCUT2D eigenvalue weighted by molar-refractivity contribution is 5.96. The van der Waals surface area contributed by atoms with Crippen LogP contribution < -0.4 is 0 Å². The van der Waals surface area contributed by atoms with Crippen molar-refractivity contribution in [3.8, 4) is 18.0 Å². The molecule has 0 aliphatic rings. The van der Waals surface area contributed by atoms with E-state index in [4.69, 9.17) is 11.5 Å². The van der Waals surface area contributed by atoms with Gasteiger partial charge in [0.1, 0.15) is 6.54 Å². The average molecular weight is 283 g/mol. The smallest absolute Gasteiger partial charge is 0.323 e. The molecule has 1 aromatic heterocycles. The Labute approximate surface area is 121 Å². The molecule has 106 valence electrons. The zero-order valence-electron chi connectivity index (χ0n) is 11.1. The molecule has 0 radical (unpaired) electrons. The third-order valence-corrected chi connectivity index (χ3v) is 2.78. The zero-order valence-corrected chi connectivity index (χ0v) is 11.1. The number of terminal acetylenes is 1. The number of carbonyl (C=O) groups is 2. The highest BCUT2D eigenvalue weighted by atomic mass is 16.4. The van der Waals surface area contributed by atoms with Crippen LogP contribution in [0.4, 0.5) is 0 Å². The molecular weight excluding hydrogens is 270 g/mol. The van der Waals surface area contributed by atoms with Crippen molar-refractivity contribution in [3.05, 3.63) is 48.3 Å². The van der Waals surface area contributed by atoms with E-state index < -0.39 is 18.4 Å². The van der Waals surface area contributed by atoms with Gasteiger partial charge in [-0.1, -0.05) is 5.92 Å². The van der Waals surface area contributed by atoms with Gasteiger partial charge >= 0.3 is 5.97 Å². The van der Waals surface area contributed by atoms with Crippen molar-refractivity contribution in [1.82, 2.24) is 14.7 Å². The second-order valence-corrected chi connectivity index (χ2v) is 4.26. The Morgan fingerprint density at radius 3 is 2.57 bits per heavy atom. The summed E-state index contributed by atoms with van der Waals surface area (Å²) in [6, 6.07) is 8.49. The van der Waals surface area contributed by atoms with E-state index in [1.54, 1.807) is 47.4 Å². The van der Waals surface area contributed by atoms with Crippen LogP contribution in [0.25, 0.3) is 5.69 Å². The fourth-order valence-electron chi connectivity index (χ4n) is 1.83. The molecule has 1 aromatic carbocycles. The van der Waals surface area contributed by atoms with Gasteiger partial charge in [0.25, 0.3) is 5.91 Å². The number of hydrogen-bond acceptors (Lipinski definition) is 3. The van der Waals surface area contributed by atoms with Crippen molar-refractivity contribution in [2.45, 2.75) is 0 Å². The van der Waals surface area contributed by atoms with Crippen molar-refractivity contribution < 1.29 is 14.7 Å². The number of rotatable bonds is 5. The first-order valence-corrected chi connectivity index (χ1v) is 6.16. The van der Waals surface area contributed by atoms with Crippen LogP contribution in [-0.4, -0.2) is 44.8 Å². The summed E-state index contributed by atoms with van der Waals surface area (Å²) in [6.07, 6.45) is 8.60. The SMILES string of the molecule is C#CCN(CC(=O)O)C(=O)c1ccc(-n2cccn2)cc1. The van der Waals surface area contributed by atoms with Gasteiger partial charge in [-0.25, -0.2) is 4.68 Å². The van der Waals surface area contributed by atoms with Gasteiger partial charge in [0.05, 0.1) is 12.2 Å². The lowest BCUT2D eigenvalue weighted by atomic mass is 10.2. The molecule has 0 aliphatic carbocycles. The van der Waals surface area contributed by atoms with Crippen LogP contribution in [0.3, 0.4) is 0 Å². The fourth-order valence-corrected chi connectivity index (χ4v) is 1.83. The average Bonchev–Trinajstić information content (AvgIpc) is 3.00. The predicted octanol–water partition coefficient (Wildman–Crippen LogP) is 1.03. The lowest BCUT2D eigenvalue weighted by Gasteiger charge is -2.18. The summed E-state index contributed by atoms with van der Waals surface area (Å²) in [7, 11) is 0. The lowest BCUT2D eigenvalue weighted by Crippen LogP contribution is -2.35. The molecule has 0 saturated carbocycles. The number of aliphatic carboxylic acids is 1. The van der Waals surface area contributed by atoms with Gasteiger partial charge in [0.2, 0.25) is 0 Å². The maximum atomic E-state index is 12.2. The van der Waals surface area contributed by atoms with Crippen LogP contribution in [0.15, 0.2) is 42.7 Å². The molecule has 0 bridgehead atoms. The quantitative estimate of drug-likeness (QED) is 0.832. The highest BCUT2D eigenvalue weighted by Crippen LogP contribution is 2.10. The topological polar surface area (TPSA) is 75.4 Å². The van der Waals surface area contributed by atoms with E-state index in [1.165, 1.54) is 0 Å². The normalized spacial score (nSPS) is 9.86. The van der Waals surface area contributed by atoms with E-state index in [0.717, 1.165) is 10.6 Å². The number of carbonyl (C=O) groups excluding carboxylic acids is 1. The summed E-state index contributed by atoms with van der Waals surface area (Å²) >= 11 is 0. The summed E-state index contributed by atoms with van der Waals surface area (Å²) in [6.45, 7) is -0.476. The molecule has 0 spiro atoms. The van der Waals surface area contributed by atoms with Crippen LogP contribution in [-0.2, 0) is 4.79 Å². The van der Waals surface area contributed by atoms with Gasteiger partial charge in [-0.05, 0) is 30.3 Å². The fraction of sp³-hybridized carbons (Fsp3) is 0.133. The first-order chi connectivity index (χ1) is 10.1. The van der Waals surface area contributed by atoms with Crippen LogP contribution in [0.5, 0.6) is 0 Å². The minimum absolute atomic E-state index is 0.0496. The molecule has 0 atom stereocenters. The largest absolute Gasteiger partial charge is 0.480 e. The Hall–Kier alpha value is -3.07. The second kappa shape index (κ2) is 6.39. The van der Waals surface area contributed by atoms with Crippen molar-refractivity contribution in [1.29, 1.82) is 0 Å². The monoisotopic (exact) mass is 283 g/mol. The van der Waals surface area contributed by atoms with Gasteiger partial charge in [-0.15, -0.1) is 6.42 Å².